The summed E-state index contributed by atoms with van der Waals surface area (Å²) in [6, 6.07) is 0.512. The molecule has 0 saturated carbocycles. The summed E-state index contributed by atoms with van der Waals surface area (Å²) in [5.41, 5.74) is -0.0617. The fourth-order valence-electron chi connectivity index (χ4n) is 2.54. The summed E-state index contributed by atoms with van der Waals surface area (Å²) in [4.78, 5) is 13.8. The second-order valence-corrected chi connectivity index (χ2v) is 4.85. The van der Waals surface area contributed by atoms with E-state index in [0.717, 1.165) is 25.9 Å². The number of hydrogen-bond donors (Lipinski definition) is 1. The Balaban J connectivity index is 2.69. The molecule has 0 aliphatic carbocycles. The maximum absolute atomic E-state index is 11.5. The fourth-order valence-corrected chi connectivity index (χ4v) is 2.54. The van der Waals surface area contributed by atoms with E-state index in [4.69, 9.17) is 4.74 Å². The van der Waals surface area contributed by atoms with Crippen molar-refractivity contribution in [2.45, 2.75) is 44.7 Å². The molecule has 1 aliphatic rings. The first-order valence-corrected chi connectivity index (χ1v) is 6.05. The number of methoxy groups -OCH3 is 1. The molecule has 0 spiro atoms. The van der Waals surface area contributed by atoms with Crippen molar-refractivity contribution in [2.75, 3.05) is 27.2 Å². The first-order valence-electron chi connectivity index (χ1n) is 6.05. The van der Waals surface area contributed by atoms with Gasteiger partial charge >= 0.3 is 5.97 Å². The molecule has 0 radical (unpaired) electrons. The Hall–Kier alpha value is -0.610. The van der Waals surface area contributed by atoms with Crippen molar-refractivity contribution in [1.82, 2.24) is 10.2 Å². The molecular weight excluding hydrogens is 204 g/mol. The van der Waals surface area contributed by atoms with Crippen molar-refractivity contribution in [3.8, 4) is 0 Å². The molecule has 16 heavy (non-hydrogen) atoms. The minimum absolute atomic E-state index is 0.0617. The van der Waals surface area contributed by atoms with Crippen molar-refractivity contribution >= 4 is 5.97 Å². The lowest BCUT2D eigenvalue weighted by Gasteiger charge is -2.44. The Morgan fingerprint density at radius 1 is 1.62 bits per heavy atom. The third-order valence-electron chi connectivity index (χ3n) is 3.64. The molecule has 0 aromatic heterocycles. The van der Waals surface area contributed by atoms with Crippen LogP contribution in [0.4, 0.5) is 0 Å². The SMILES string of the molecule is CCNC1(CC(=O)OC)CCN(C)C(C)C1. The Labute approximate surface area is 98.3 Å². The lowest BCUT2D eigenvalue weighted by atomic mass is 9.81. The zero-order valence-electron chi connectivity index (χ0n) is 10.9. The van der Waals surface area contributed by atoms with E-state index in [9.17, 15) is 4.79 Å². The van der Waals surface area contributed by atoms with Crippen molar-refractivity contribution in [2.24, 2.45) is 0 Å². The maximum Gasteiger partial charge on any atom is 0.307 e. The van der Waals surface area contributed by atoms with Crippen LogP contribution in [0.25, 0.3) is 0 Å². The van der Waals surface area contributed by atoms with Gasteiger partial charge in [-0.2, -0.15) is 0 Å². The van der Waals surface area contributed by atoms with E-state index in [0.29, 0.717) is 12.5 Å². The number of nitrogens with one attached hydrogen (secondary N) is 1. The molecule has 1 N–H and O–H groups in total. The number of carbonyl (C=O) groups is 1. The number of likely N-dealkylation sites (tertiary alicyclic amines) is 1. The van der Waals surface area contributed by atoms with Crippen LogP contribution in [0.3, 0.4) is 0 Å². The minimum Gasteiger partial charge on any atom is -0.469 e. The maximum atomic E-state index is 11.5. The van der Waals surface area contributed by atoms with Crippen LogP contribution in [0.5, 0.6) is 0 Å². The summed E-state index contributed by atoms with van der Waals surface area (Å²) in [5, 5.41) is 3.49. The normalized spacial score (nSPS) is 31.4. The van der Waals surface area contributed by atoms with Gasteiger partial charge in [0.1, 0.15) is 0 Å². The van der Waals surface area contributed by atoms with Crippen LogP contribution in [-0.2, 0) is 9.53 Å². The Kier molecular flexibility index (Phi) is 4.74. The number of rotatable bonds is 4. The van der Waals surface area contributed by atoms with Gasteiger partial charge in [0.05, 0.1) is 13.5 Å². The first kappa shape index (κ1) is 13.5. The summed E-state index contributed by atoms with van der Waals surface area (Å²) in [6.45, 7) is 6.23. The summed E-state index contributed by atoms with van der Waals surface area (Å²) in [5.74, 6) is -0.113. The van der Waals surface area contributed by atoms with Crippen molar-refractivity contribution in [3.05, 3.63) is 0 Å². The Morgan fingerprint density at radius 2 is 2.31 bits per heavy atom. The van der Waals surface area contributed by atoms with Gasteiger partial charge in [0, 0.05) is 11.6 Å². The van der Waals surface area contributed by atoms with Gasteiger partial charge in [0.15, 0.2) is 0 Å². The third kappa shape index (κ3) is 3.19. The molecule has 4 nitrogen and oxygen atoms in total. The number of carbonyl (C=O) groups excluding carboxylic acids is 1. The smallest absolute Gasteiger partial charge is 0.307 e. The van der Waals surface area contributed by atoms with Gasteiger partial charge in [-0.05, 0) is 39.9 Å². The second-order valence-electron chi connectivity index (χ2n) is 4.85. The molecule has 2 unspecified atom stereocenters. The summed E-state index contributed by atoms with van der Waals surface area (Å²) in [6.07, 6.45) is 2.50. The number of esters is 1. The van der Waals surface area contributed by atoms with Gasteiger partial charge in [0.2, 0.25) is 0 Å². The van der Waals surface area contributed by atoms with Crippen LogP contribution in [0, 0.1) is 0 Å². The standard InChI is InChI=1S/C12H24N2O2/c1-5-13-12(9-11(15)16-4)6-7-14(3)10(2)8-12/h10,13H,5-9H2,1-4H3. The summed E-state index contributed by atoms with van der Waals surface area (Å²) in [7, 11) is 3.60. The second kappa shape index (κ2) is 5.64. The first-order chi connectivity index (χ1) is 7.53. The van der Waals surface area contributed by atoms with E-state index in [-0.39, 0.29) is 11.5 Å². The molecule has 0 bridgehead atoms. The zero-order chi connectivity index (χ0) is 12.2. The van der Waals surface area contributed by atoms with Crippen LogP contribution in [0.15, 0.2) is 0 Å². The number of ether oxygens (including phenoxy) is 1. The van der Waals surface area contributed by atoms with E-state index in [1.807, 2.05) is 0 Å². The van der Waals surface area contributed by atoms with Gasteiger partial charge in [0.25, 0.3) is 0 Å². The third-order valence-corrected chi connectivity index (χ3v) is 3.64. The van der Waals surface area contributed by atoms with Crippen LogP contribution in [0.2, 0.25) is 0 Å². The average Bonchev–Trinajstić information content (AvgIpc) is 2.24. The quantitative estimate of drug-likeness (QED) is 0.729. The lowest BCUT2D eigenvalue weighted by molar-refractivity contribution is -0.143. The average molecular weight is 228 g/mol. The molecule has 1 fully saturated rings. The molecule has 0 aromatic carbocycles. The largest absolute Gasteiger partial charge is 0.469 e. The van der Waals surface area contributed by atoms with Gasteiger partial charge < -0.3 is 15.0 Å². The van der Waals surface area contributed by atoms with Crippen LogP contribution in [0.1, 0.15) is 33.1 Å². The summed E-state index contributed by atoms with van der Waals surface area (Å²) < 4.78 is 4.79. The number of piperidine rings is 1. The topological polar surface area (TPSA) is 41.6 Å². The molecule has 1 aliphatic heterocycles. The lowest BCUT2D eigenvalue weighted by Crippen LogP contribution is -2.56. The highest BCUT2D eigenvalue weighted by molar-refractivity contribution is 5.70. The van der Waals surface area contributed by atoms with Crippen LogP contribution >= 0.6 is 0 Å². The molecule has 1 rings (SSSR count). The van der Waals surface area contributed by atoms with Gasteiger partial charge in [-0.15, -0.1) is 0 Å². The molecule has 94 valence electrons. The summed E-state index contributed by atoms with van der Waals surface area (Å²) >= 11 is 0. The van der Waals surface area contributed by atoms with Gasteiger partial charge in [-0.3, -0.25) is 4.79 Å². The predicted octanol–water partition coefficient (Wildman–Crippen LogP) is 1.01. The fraction of sp³-hybridized carbons (Fsp3) is 0.917. The monoisotopic (exact) mass is 228 g/mol. The van der Waals surface area contributed by atoms with E-state index in [1.165, 1.54) is 7.11 Å². The molecule has 2 atom stereocenters. The highest BCUT2D eigenvalue weighted by atomic mass is 16.5. The molecule has 1 heterocycles. The number of hydrogen-bond acceptors (Lipinski definition) is 4. The molecular formula is C12H24N2O2. The van der Waals surface area contributed by atoms with E-state index in [1.54, 1.807) is 0 Å². The predicted molar refractivity (Wildman–Crippen MR) is 64.4 cm³/mol. The van der Waals surface area contributed by atoms with E-state index < -0.39 is 0 Å². The van der Waals surface area contributed by atoms with Crippen molar-refractivity contribution in [1.29, 1.82) is 0 Å². The van der Waals surface area contributed by atoms with Crippen LogP contribution in [-0.4, -0.2) is 49.7 Å². The molecule has 4 heteroatoms. The highest BCUT2D eigenvalue weighted by Gasteiger charge is 2.38. The Morgan fingerprint density at radius 3 is 2.81 bits per heavy atom. The highest BCUT2D eigenvalue weighted by Crippen LogP contribution is 2.29. The number of nitrogens with zero attached hydrogens (tertiary/aromatic N) is 1. The van der Waals surface area contributed by atoms with Gasteiger partial charge in [-0.1, -0.05) is 6.92 Å². The van der Waals surface area contributed by atoms with E-state index in [2.05, 4.69) is 31.1 Å². The van der Waals surface area contributed by atoms with Gasteiger partial charge in [-0.25, -0.2) is 0 Å². The molecule has 1 saturated heterocycles. The Bertz CT molecular complexity index is 245. The van der Waals surface area contributed by atoms with Crippen molar-refractivity contribution < 1.29 is 9.53 Å². The van der Waals surface area contributed by atoms with E-state index >= 15 is 0 Å². The molecule has 0 amide bonds. The minimum atomic E-state index is -0.113. The van der Waals surface area contributed by atoms with Crippen molar-refractivity contribution in [3.63, 3.8) is 0 Å². The van der Waals surface area contributed by atoms with Crippen LogP contribution < -0.4 is 5.32 Å². The zero-order valence-corrected chi connectivity index (χ0v) is 10.9. The molecule has 0 aromatic rings.